The Kier molecular flexibility index (Phi) is 3.95. The van der Waals surface area contributed by atoms with Crippen LogP contribution in [0.15, 0.2) is 24.5 Å². The fourth-order valence-corrected chi connectivity index (χ4v) is 3.74. The summed E-state index contributed by atoms with van der Waals surface area (Å²) in [6.07, 6.45) is 5.28. The number of amides is 1. The monoisotopic (exact) mass is 318 g/mol. The lowest BCUT2D eigenvalue weighted by Crippen LogP contribution is -2.67. The summed E-state index contributed by atoms with van der Waals surface area (Å²) in [6.45, 7) is 3.99. The first-order chi connectivity index (χ1) is 11.3. The lowest BCUT2D eigenvalue weighted by Gasteiger charge is -2.50. The van der Waals surface area contributed by atoms with Crippen LogP contribution in [0.2, 0.25) is 0 Å². The quantitative estimate of drug-likeness (QED) is 0.832. The zero-order chi connectivity index (χ0) is 15.7. The zero-order valence-corrected chi connectivity index (χ0v) is 13.1. The van der Waals surface area contributed by atoms with Crippen LogP contribution in [0, 0.1) is 11.8 Å². The van der Waals surface area contributed by atoms with Crippen molar-refractivity contribution in [2.45, 2.75) is 18.4 Å². The van der Waals surface area contributed by atoms with Crippen LogP contribution in [0.5, 0.6) is 5.75 Å². The normalized spacial score (nSPS) is 28.8. The van der Waals surface area contributed by atoms with Crippen molar-refractivity contribution in [3.8, 4) is 5.75 Å². The largest absolute Gasteiger partial charge is 0.492 e. The molecule has 23 heavy (non-hydrogen) atoms. The first-order valence-electron chi connectivity index (χ1n) is 8.30. The summed E-state index contributed by atoms with van der Waals surface area (Å²) in [7, 11) is 0. The van der Waals surface area contributed by atoms with E-state index in [4.69, 9.17) is 14.2 Å². The molecule has 3 saturated heterocycles. The Hall–Kier alpha value is -1.66. The molecule has 4 heterocycles. The van der Waals surface area contributed by atoms with E-state index in [1.165, 1.54) is 0 Å². The third-order valence-corrected chi connectivity index (χ3v) is 5.19. The van der Waals surface area contributed by atoms with Crippen LogP contribution < -0.4 is 4.74 Å². The van der Waals surface area contributed by atoms with Gasteiger partial charge in [0.25, 0.3) is 0 Å². The highest BCUT2D eigenvalue weighted by Gasteiger charge is 2.55. The van der Waals surface area contributed by atoms with E-state index in [1.807, 2.05) is 17.0 Å². The fraction of sp³-hybridized carbons (Fsp3) is 0.647. The van der Waals surface area contributed by atoms with Gasteiger partial charge in [0.2, 0.25) is 5.91 Å². The molecule has 1 spiro atoms. The third-order valence-electron chi connectivity index (χ3n) is 5.19. The average molecular weight is 318 g/mol. The Balaban J connectivity index is 1.33. The molecular formula is C17H22N2O4. The summed E-state index contributed by atoms with van der Waals surface area (Å²) in [4.78, 5) is 18.4. The van der Waals surface area contributed by atoms with Crippen LogP contribution in [0.25, 0.3) is 0 Å². The van der Waals surface area contributed by atoms with Crippen molar-refractivity contribution in [3.05, 3.63) is 24.5 Å². The molecule has 6 nitrogen and oxygen atoms in total. The van der Waals surface area contributed by atoms with E-state index in [1.54, 1.807) is 12.4 Å². The predicted molar refractivity (Wildman–Crippen MR) is 82.0 cm³/mol. The molecule has 0 N–H and O–H groups in total. The van der Waals surface area contributed by atoms with Gasteiger partial charge in [-0.25, -0.2) is 0 Å². The van der Waals surface area contributed by atoms with Crippen LogP contribution in [-0.2, 0) is 14.3 Å². The molecule has 2 atom stereocenters. The molecule has 0 radical (unpaired) electrons. The minimum Gasteiger partial charge on any atom is -0.492 e. The standard InChI is InChI=1S/C17H22N2O4/c20-16(13-3-6-21-9-13)19-11-17(12-19)14(4-7-23-17)10-22-15-2-1-5-18-8-15/h1-2,5,8,13-14H,3-4,6-7,9-12H2. The minimum absolute atomic E-state index is 0.0406. The van der Waals surface area contributed by atoms with Gasteiger partial charge in [-0.3, -0.25) is 9.78 Å². The molecular weight excluding hydrogens is 296 g/mol. The van der Waals surface area contributed by atoms with Gasteiger partial charge in [0.1, 0.15) is 11.4 Å². The lowest BCUT2D eigenvalue weighted by molar-refractivity contribution is -0.170. The maximum Gasteiger partial charge on any atom is 0.228 e. The van der Waals surface area contributed by atoms with E-state index in [0.717, 1.165) is 25.2 Å². The number of ether oxygens (including phenoxy) is 3. The Morgan fingerprint density at radius 2 is 2.30 bits per heavy atom. The molecule has 0 bridgehead atoms. The van der Waals surface area contributed by atoms with Crippen molar-refractivity contribution >= 4 is 5.91 Å². The number of rotatable bonds is 4. The SMILES string of the molecule is O=C(C1CCOC1)N1CC2(C1)OCCC2COc1cccnc1. The Labute approximate surface area is 135 Å². The number of aromatic nitrogens is 1. The first kappa shape index (κ1) is 14.9. The molecule has 1 aromatic heterocycles. The molecule has 0 aromatic carbocycles. The highest BCUT2D eigenvalue weighted by molar-refractivity contribution is 5.80. The number of carbonyl (C=O) groups excluding carboxylic acids is 1. The summed E-state index contributed by atoms with van der Waals surface area (Å²) in [5.41, 5.74) is -0.211. The maximum absolute atomic E-state index is 12.4. The number of pyridine rings is 1. The number of hydrogen-bond donors (Lipinski definition) is 0. The van der Waals surface area contributed by atoms with Crippen molar-refractivity contribution in [1.29, 1.82) is 0 Å². The Bertz CT molecular complexity index is 553. The fourth-order valence-electron chi connectivity index (χ4n) is 3.74. The second-order valence-corrected chi connectivity index (χ2v) is 6.65. The molecule has 1 aromatic rings. The van der Waals surface area contributed by atoms with Crippen molar-refractivity contribution in [2.75, 3.05) is 39.5 Å². The number of likely N-dealkylation sites (tertiary alicyclic amines) is 1. The van der Waals surface area contributed by atoms with Crippen molar-refractivity contribution in [2.24, 2.45) is 11.8 Å². The van der Waals surface area contributed by atoms with Gasteiger partial charge in [-0.2, -0.15) is 0 Å². The summed E-state index contributed by atoms with van der Waals surface area (Å²) < 4.78 is 17.2. The predicted octanol–water partition coefficient (Wildman–Crippen LogP) is 1.11. The van der Waals surface area contributed by atoms with E-state index in [-0.39, 0.29) is 17.4 Å². The van der Waals surface area contributed by atoms with Crippen molar-refractivity contribution in [3.63, 3.8) is 0 Å². The summed E-state index contributed by atoms with van der Waals surface area (Å²) in [5.74, 6) is 1.37. The number of carbonyl (C=O) groups is 1. The van der Waals surface area contributed by atoms with Gasteiger partial charge >= 0.3 is 0 Å². The second kappa shape index (κ2) is 6.09. The van der Waals surface area contributed by atoms with Crippen LogP contribution in [0.1, 0.15) is 12.8 Å². The van der Waals surface area contributed by atoms with Gasteiger partial charge in [-0.1, -0.05) is 0 Å². The number of hydrogen-bond acceptors (Lipinski definition) is 5. The van der Waals surface area contributed by atoms with E-state index in [0.29, 0.717) is 38.8 Å². The van der Waals surface area contributed by atoms with Crippen LogP contribution in [-0.4, -0.2) is 60.9 Å². The molecule has 1 amide bonds. The van der Waals surface area contributed by atoms with Gasteiger partial charge in [0.15, 0.2) is 0 Å². The van der Waals surface area contributed by atoms with Gasteiger partial charge in [0, 0.05) is 25.3 Å². The molecule has 3 fully saturated rings. The third kappa shape index (κ3) is 2.81. The van der Waals surface area contributed by atoms with Crippen LogP contribution in [0.3, 0.4) is 0 Å². The molecule has 3 aliphatic rings. The second-order valence-electron chi connectivity index (χ2n) is 6.65. The summed E-state index contributed by atoms with van der Waals surface area (Å²) in [5, 5.41) is 0. The smallest absolute Gasteiger partial charge is 0.228 e. The topological polar surface area (TPSA) is 60.9 Å². The minimum atomic E-state index is -0.211. The number of nitrogens with zero attached hydrogens (tertiary/aromatic N) is 2. The van der Waals surface area contributed by atoms with Crippen LogP contribution >= 0.6 is 0 Å². The molecule has 2 unspecified atom stereocenters. The highest BCUT2D eigenvalue weighted by atomic mass is 16.5. The average Bonchev–Trinajstić information content (AvgIpc) is 3.21. The van der Waals surface area contributed by atoms with Crippen molar-refractivity contribution < 1.29 is 19.0 Å². The molecule has 4 rings (SSSR count). The zero-order valence-electron chi connectivity index (χ0n) is 13.1. The molecule has 0 saturated carbocycles. The molecule has 124 valence electrons. The Morgan fingerprint density at radius 1 is 1.39 bits per heavy atom. The highest BCUT2D eigenvalue weighted by Crippen LogP contribution is 2.41. The van der Waals surface area contributed by atoms with Gasteiger partial charge in [-0.15, -0.1) is 0 Å². The summed E-state index contributed by atoms with van der Waals surface area (Å²) >= 11 is 0. The molecule has 3 aliphatic heterocycles. The molecule has 0 aliphatic carbocycles. The van der Waals surface area contributed by atoms with Gasteiger partial charge in [0.05, 0.1) is 38.4 Å². The first-order valence-corrected chi connectivity index (χ1v) is 8.30. The maximum atomic E-state index is 12.4. The van der Waals surface area contributed by atoms with Gasteiger partial charge < -0.3 is 19.1 Å². The van der Waals surface area contributed by atoms with E-state index in [9.17, 15) is 4.79 Å². The van der Waals surface area contributed by atoms with Gasteiger partial charge in [-0.05, 0) is 25.0 Å². The van der Waals surface area contributed by atoms with Crippen molar-refractivity contribution in [1.82, 2.24) is 9.88 Å². The summed E-state index contributed by atoms with van der Waals surface area (Å²) in [6, 6.07) is 3.77. The Morgan fingerprint density at radius 3 is 3.04 bits per heavy atom. The van der Waals surface area contributed by atoms with E-state index < -0.39 is 0 Å². The van der Waals surface area contributed by atoms with E-state index in [2.05, 4.69) is 4.98 Å². The lowest BCUT2D eigenvalue weighted by atomic mass is 9.80. The molecule has 6 heteroatoms. The van der Waals surface area contributed by atoms with Crippen LogP contribution in [0.4, 0.5) is 0 Å². The van der Waals surface area contributed by atoms with E-state index >= 15 is 0 Å².